The molecule has 0 unspecified atom stereocenters. The standard InChI is InChI=1S/C17H22ClF3N2O3S/c1-11-5-3-4-6-15(11)22-16(24)10-23(2)27(25,26)12-7-8-14(18)13(9-12)17(19,20)21/h7-9,11,15H,3-6,10H2,1-2H3,(H,22,24)/t11-,15-/m0/s1. The van der Waals surface area contributed by atoms with E-state index < -0.39 is 44.1 Å². The third kappa shape index (κ3) is 5.36. The lowest BCUT2D eigenvalue weighted by atomic mass is 9.86. The highest BCUT2D eigenvalue weighted by Crippen LogP contribution is 2.36. The van der Waals surface area contributed by atoms with Crippen LogP contribution in [0.2, 0.25) is 5.02 Å². The van der Waals surface area contributed by atoms with Gasteiger partial charge in [0.25, 0.3) is 0 Å². The van der Waals surface area contributed by atoms with Gasteiger partial charge in [-0.25, -0.2) is 8.42 Å². The summed E-state index contributed by atoms with van der Waals surface area (Å²) in [6.07, 6.45) is -0.871. The van der Waals surface area contributed by atoms with Gasteiger partial charge in [0.1, 0.15) is 0 Å². The molecule has 1 N–H and O–H groups in total. The zero-order valence-corrected chi connectivity index (χ0v) is 16.6. The predicted molar refractivity (Wildman–Crippen MR) is 95.8 cm³/mol. The van der Waals surface area contributed by atoms with Gasteiger partial charge in [-0.1, -0.05) is 31.4 Å². The SMILES string of the molecule is C[C@H]1CCCC[C@@H]1NC(=O)CN(C)S(=O)(=O)c1ccc(Cl)c(C(F)(F)F)c1. The quantitative estimate of drug-likeness (QED) is 0.781. The number of halogens is 4. The number of carbonyl (C=O) groups is 1. The Kier molecular flexibility index (Phi) is 6.81. The van der Waals surface area contributed by atoms with Gasteiger partial charge in [-0.2, -0.15) is 17.5 Å². The number of rotatable bonds is 5. The molecular formula is C17H22ClF3N2O3S. The summed E-state index contributed by atoms with van der Waals surface area (Å²) in [5, 5.41) is 2.23. The molecule has 0 heterocycles. The van der Waals surface area contributed by atoms with Crippen LogP contribution in [0.4, 0.5) is 13.2 Å². The van der Waals surface area contributed by atoms with Crippen molar-refractivity contribution in [1.29, 1.82) is 0 Å². The van der Waals surface area contributed by atoms with Crippen LogP contribution in [-0.2, 0) is 21.0 Å². The molecule has 1 aromatic rings. The van der Waals surface area contributed by atoms with Gasteiger partial charge in [0.05, 0.1) is 22.0 Å². The van der Waals surface area contributed by atoms with Gasteiger partial charge in [0, 0.05) is 13.1 Å². The summed E-state index contributed by atoms with van der Waals surface area (Å²) in [6.45, 7) is 1.55. The molecule has 1 saturated carbocycles. The van der Waals surface area contributed by atoms with E-state index in [0.717, 1.165) is 49.2 Å². The second kappa shape index (κ2) is 8.36. The third-order valence-corrected chi connectivity index (χ3v) is 6.90. The highest BCUT2D eigenvalue weighted by molar-refractivity contribution is 7.89. The molecule has 2 rings (SSSR count). The molecule has 1 aliphatic carbocycles. The van der Waals surface area contributed by atoms with Crippen LogP contribution in [0.5, 0.6) is 0 Å². The highest BCUT2D eigenvalue weighted by atomic mass is 35.5. The highest BCUT2D eigenvalue weighted by Gasteiger charge is 2.35. The number of amides is 1. The van der Waals surface area contributed by atoms with Gasteiger partial charge in [0.15, 0.2) is 0 Å². The Morgan fingerprint density at radius 1 is 1.30 bits per heavy atom. The minimum absolute atomic E-state index is 0.0188. The number of nitrogens with one attached hydrogen (secondary N) is 1. The monoisotopic (exact) mass is 426 g/mol. The molecule has 5 nitrogen and oxygen atoms in total. The normalized spacial score (nSPS) is 21.3. The van der Waals surface area contributed by atoms with Crippen LogP contribution in [0.1, 0.15) is 38.2 Å². The van der Waals surface area contributed by atoms with Gasteiger partial charge < -0.3 is 5.32 Å². The second-order valence-corrected chi connectivity index (χ2v) is 9.29. The van der Waals surface area contributed by atoms with E-state index >= 15 is 0 Å². The number of hydrogen-bond acceptors (Lipinski definition) is 3. The summed E-state index contributed by atoms with van der Waals surface area (Å²) in [5.41, 5.74) is -1.24. The van der Waals surface area contributed by atoms with Crippen molar-refractivity contribution in [2.75, 3.05) is 13.6 Å². The number of benzene rings is 1. The van der Waals surface area contributed by atoms with E-state index in [1.165, 1.54) is 0 Å². The van der Waals surface area contributed by atoms with E-state index in [4.69, 9.17) is 11.6 Å². The van der Waals surface area contributed by atoms with Crippen LogP contribution in [-0.4, -0.2) is 38.3 Å². The maximum Gasteiger partial charge on any atom is 0.417 e. The first-order valence-corrected chi connectivity index (χ1v) is 10.4. The van der Waals surface area contributed by atoms with E-state index in [0.29, 0.717) is 12.0 Å². The van der Waals surface area contributed by atoms with Crippen molar-refractivity contribution in [2.24, 2.45) is 5.92 Å². The van der Waals surface area contributed by atoms with Gasteiger partial charge in [0.2, 0.25) is 15.9 Å². The summed E-state index contributed by atoms with van der Waals surface area (Å²) >= 11 is 5.52. The minimum atomic E-state index is -4.78. The predicted octanol–water partition coefficient (Wildman–Crippen LogP) is 3.67. The zero-order valence-electron chi connectivity index (χ0n) is 15.0. The fourth-order valence-electron chi connectivity index (χ4n) is 3.13. The maximum absolute atomic E-state index is 13.0. The molecule has 0 saturated heterocycles. The molecule has 152 valence electrons. The number of carbonyl (C=O) groups excluding carboxylic acids is 1. The van der Waals surface area contributed by atoms with Gasteiger partial charge in [-0.3, -0.25) is 4.79 Å². The Bertz CT molecular complexity index is 799. The van der Waals surface area contributed by atoms with Crippen LogP contribution in [0.15, 0.2) is 23.1 Å². The van der Waals surface area contributed by atoms with Crippen molar-refractivity contribution in [3.8, 4) is 0 Å². The van der Waals surface area contributed by atoms with Crippen molar-refractivity contribution in [3.63, 3.8) is 0 Å². The van der Waals surface area contributed by atoms with Crippen LogP contribution < -0.4 is 5.32 Å². The van der Waals surface area contributed by atoms with Crippen LogP contribution in [0.25, 0.3) is 0 Å². The fraction of sp³-hybridized carbons (Fsp3) is 0.588. The lowest BCUT2D eigenvalue weighted by molar-refractivity contribution is -0.137. The molecular weight excluding hydrogens is 405 g/mol. The lowest BCUT2D eigenvalue weighted by Gasteiger charge is -2.30. The Hall–Kier alpha value is -1.32. The summed E-state index contributed by atoms with van der Waals surface area (Å²) in [7, 11) is -3.12. The summed E-state index contributed by atoms with van der Waals surface area (Å²) in [6, 6.07) is 2.34. The average molecular weight is 427 g/mol. The van der Waals surface area contributed by atoms with E-state index in [1.807, 2.05) is 6.92 Å². The number of likely N-dealkylation sites (N-methyl/N-ethyl adjacent to an activating group) is 1. The first-order chi connectivity index (χ1) is 12.4. The molecule has 1 aromatic carbocycles. The molecule has 0 radical (unpaired) electrons. The number of hydrogen-bond donors (Lipinski definition) is 1. The molecule has 0 aliphatic heterocycles. The molecule has 0 aromatic heterocycles. The number of nitrogens with zero attached hydrogens (tertiary/aromatic N) is 1. The molecule has 1 amide bonds. The van der Waals surface area contributed by atoms with E-state index in [-0.39, 0.29) is 6.04 Å². The molecule has 0 spiro atoms. The van der Waals surface area contributed by atoms with Crippen molar-refractivity contribution < 1.29 is 26.4 Å². The zero-order chi connectivity index (χ0) is 20.4. The lowest BCUT2D eigenvalue weighted by Crippen LogP contribution is -2.46. The topological polar surface area (TPSA) is 66.5 Å². The van der Waals surface area contributed by atoms with Crippen molar-refractivity contribution >= 4 is 27.5 Å². The smallest absolute Gasteiger partial charge is 0.352 e. The van der Waals surface area contributed by atoms with Crippen LogP contribution >= 0.6 is 11.6 Å². The van der Waals surface area contributed by atoms with Crippen LogP contribution in [0.3, 0.4) is 0 Å². The Morgan fingerprint density at radius 3 is 2.52 bits per heavy atom. The van der Waals surface area contributed by atoms with Crippen molar-refractivity contribution in [1.82, 2.24) is 9.62 Å². The van der Waals surface area contributed by atoms with E-state index in [9.17, 15) is 26.4 Å². The molecule has 1 aliphatic rings. The third-order valence-electron chi connectivity index (χ3n) is 4.78. The largest absolute Gasteiger partial charge is 0.417 e. The van der Waals surface area contributed by atoms with E-state index in [2.05, 4.69) is 5.32 Å². The number of alkyl halides is 3. The summed E-state index contributed by atoms with van der Waals surface area (Å²) in [4.78, 5) is 11.6. The van der Waals surface area contributed by atoms with Crippen molar-refractivity contribution in [2.45, 2.75) is 49.7 Å². The van der Waals surface area contributed by atoms with Gasteiger partial charge >= 0.3 is 6.18 Å². The maximum atomic E-state index is 13.0. The minimum Gasteiger partial charge on any atom is -0.352 e. The van der Waals surface area contributed by atoms with Crippen molar-refractivity contribution in [3.05, 3.63) is 28.8 Å². The Balaban J connectivity index is 2.13. The fourth-order valence-corrected chi connectivity index (χ4v) is 4.51. The molecule has 1 fully saturated rings. The van der Waals surface area contributed by atoms with Crippen LogP contribution in [0, 0.1) is 5.92 Å². The first-order valence-electron chi connectivity index (χ1n) is 8.55. The first kappa shape index (κ1) is 22.0. The average Bonchev–Trinajstić information content (AvgIpc) is 2.56. The summed E-state index contributed by atoms with van der Waals surface area (Å²) < 4.78 is 64.7. The molecule has 27 heavy (non-hydrogen) atoms. The van der Waals surface area contributed by atoms with Gasteiger partial charge in [-0.15, -0.1) is 0 Å². The van der Waals surface area contributed by atoms with Gasteiger partial charge in [-0.05, 0) is 37.0 Å². The molecule has 2 atom stereocenters. The molecule has 0 bridgehead atoms. The number of sulfonamides is 1. The molecule has 10 heteroatoms. The Morgan fingerprint density at radius 2 is 1.93 bits per heavy atom. The van der Waals surface area contributed by atoms with E-state index in [1.54, 1.807) is 0 Å². The Labute approximate surface area is 161 Å². The second-order valence-electron chi connectivity index (χ2n) is 6.84. The summed E-state index contributed by atoms with van der Waals surface area (Å²) in [5.74, 6) is -0.181.